The van der Waals surface area contributed by atoms with Crippen LogP contribution in [0.1, 0.15) is 16.7 Å². The molecule has 4 nitrogen and oxygen atoms in total. The van der Waals surface area contributed by atoms with E-state index in [1.807, 2.05) is 49.0 Å². The van der Waals surface area contributed by atoms with E-state index in [9.17, 15) is 5.11 Å². The molecule has 0 aliphatic heterocycles. The maximum Gasteiger partial charge on any atom is 0.131 e. The zero-order valence-corrected chi connectivity index (χ0v) is 11.2. The molecule has 2 heterocycles. The average Bonchev–Trinajstić information content (AvgIpc) is 3.07. The number of rotatable bonds is 3. The summed E-state index contributed by atoms with van der Waals surface area (Å²) in [6.07, 6.45) is 3.01. The van der Waals surface area contributed by atoms with E-state index in [-0.39, 0.29) is 0 Å². The van der Waals surface area contributed by atoms with Crippen molar-refractivity contribution in [1.82, 2.24) is 14.8 Å². The summed E-state index contributed by atoms with van der Waals surface area (Å²) in [6, 6.07) is 9.55. The summed E-state index contributed by atoms with van der Waals surface area (Å²) < 4.78 is 1.74. The topological polar surface area (TPSA) is 50.9 Å². The number of aliphatic hydroxyl groups excluding tert-OH is 1. The molecule has 96 valence electrons. The standard InChI is InChI=1S/C14H13N3OS/c1-17-8-11(7-15-17)12-9-19-14(16-12)13(18)10-5-3-2-4-6-10/h2-9,13,18H,1H3. The summed E-state index contributed by atoms with van der Waals surface area (Å²) in [7, 11) is 1.87. The molecular weight excluding hydrogens is 258 g/mol. The van der Waals surface area contributed by atoms with Gasteiger partial charge in [0.15, 0.2) is 0 Å². The number of aromatic nitrogens is 3. The Morgan fingerprint density at radius 3 is 2.74 bits per heavy atom. The van der Waals surface area contributed by atoms with Crippen molar-refractivity contribution in [3.05, 3.63) is 58.7 Å². The lowest BCUT2D eigenvalue weighted by Crippen LogP contribution is -1.98. The third-order valence-corrected chi connectivity index (χ3v) is 3.77. The van der Waals surface area contributed by atoms with Gasteiger partial charge in [-0.3, -0.25) is 4.68 Å². The molecule has 3 aromatic rings. The van der Waals surface area contributed by atoms with Gasteiger partial charge in [0.1, 0.15) is 11.1 Å². The first kappa shape index (κ1) is 12.1. The normalized spacial score (nSPS) is 12.5. The van der Waals surface area contributed by atoms with Crippen LogP contribution in [-0.4, -0.2) is 19.9 Å². The predicted molar refractivity (Wildman–Crippen MR) is 74.8 cm³/mol. The molecule has 0 spiro atoms. The Kier molecular flexibility index (Phi) is 3.15. The van der Waals surface area contributed by atoms with Crippen molar-refractivity contribution in [2.24, 2.45) is 7.05 Å². The van der Waals surface area contributed by atoms with Crippen LogP contribution in [0, 0.1) is 0 Å². The molecule has 0 fully saturated rings. The van der Waals surface area contributed by atoms with Crippen molar-refractivity contribution in [3.63, 3.8) is 0 Å². The molecule has 19 heavy (non-hydrogen) atoms. The van der Waals surface area contributed by atoms with Crippen molar-refractivity contribution < 1.29 is 5.11 Å². The van der Waals surface area contributed by atoms with Gasteiger partial charge in [-0.25, -0.2) is 4.98 Å². The van der Waals surface area contributed by atoms with Gasteiger partial charge in [-0.15, -0.1) is 11.3 Å². The minimum atomic E-state index is -0.670. The summed E-state index contributed by atoms with van der Waals surface area (Å²) in [4.78, 5) is 4.49. The van der Waals surface area contributed by atoms with Gasteiger partial charge in [-0.1, -0.05) is 30.3 Å². The number of aliphatic hydroxyl groups is 1. The summed E-state index contributed by atoms with van der Waals surface area (Å²) in [5, 5.41) is 17.1. The van der Waals surface area contributed by atoms with Gasteiger partial charge in [0, 0.05) is 24.2 Å². The third kappa shape index (κ3) is 2.43. The second kappa shape index (κ2) is 4.95. The second-order valence-electron chi connectivity index (χ2n) is 4.29. The van der Waals surface area contributed by atoms with Crippen molar-refractivity contribution in [2.45, 2.75) is 6.10 Å². The van der Waals surface area contributed by atoms with Crippen LogP contribution in [0.15, 0.2) is 48.1 Å². The van der Waals surface area contributed by atoms with Gasteiger partial charge in [0.2, 0.25) is 0 Å². The molecule has 1 unspecified atom stereocenters. The molecule has 2 aromatic heterocycles. The summed E-state index contributed by atoms with van der Waals surface area (Å²) >= 11 is 1.46. The van der Waals surface area contributed by atoms with E-state index in [2.05, 4.69) is 10.1 Å². The molecule has 0 saturated carbocycles. The minimum absolute atomic E-state index is 0.670. The van der Waals surface area contributed by atoms with Crippen LogP contribution >= 0.6 is 11.3 Å². The second-order valence-corrected chi connectivity index (χ2v) is 5.18. The lowest BCUT2D eigenvalue weighted by Gasteiger charge is -2.06. The molecule has 5 heteroatoms. The maximum absolute atomic E-state index is 10.3. The van der Waals surface area contributed by atoms with E-state index in [1.165, 1.54) is 11.3 Å². The molecule has 3 rings (SSSR count). The third-order valence-electron chi connectivity index (χ3n) is 2.87. The van der Waals surface area contributed by atoms with Crippen molar-refractivity contribution in [3.8, 4) is 11.3 Å². The Hall–Kier alpha value is -1.98. The highest BCUT2D eigenvalue weighted by Gasteiger charge is 2.15. The van der Waals surface area contributed by atoms with Gasteiger partial charge in [-0.05, 0) is 5.56 Å². The van der Waals surface area contributed by atoms with Gasteiger partial charge < -0.3 is 5.11 Å². The summed E-state index contributed by atoms with van der Waals surface area (Å²) in [5.74, 6) is 0. The Bertz CT molecular complexity index is 675. The summed E-state index contributed by atoms with van der Waals surface area (Å²) in [6.45, 7) is 0. The lowest BCUT2D eigenvalue weighted by atomic mass is 10.1. The zero-order valence-electron chi connectivity index (χ0n) is 10.4. The van der Waals surface area contributed by atoms with Crippen LogP contribution in [-0.2, 0) is 7.05 Å². The molecule has 0 radical (unpaired) electrons. The van der Waals surface area contributed by atoms with E-state index in [1.54, 1.807) is 10.9 Å². The molecule has 0 aliphatic carbocycles. The van der Waals surface area contributed by atoms with E-state index in [4.69, 9.17) is 0 Å². The molecule has 0 saturated heterocycles. The molecule has 1 aromatic carbocycles. The Morgan fingerprint density at radius 1 is 1.26 bits per heavy atom. The Labute approximate surface area is 115 Å². The van der Waals surface area contributed by atoms with Crippen LogP contribution in [0.25, 0.3) is 11.3 Å². The van der Waals surface area contributed by atoms with Crippen LogP contribution < -0.4 is 0 Å². The lowest BCUT2D eigenvalue weighted by molar-refractivity contribution is 0.220. The van der Waals surface area contributed by atoms with Crippen molar-refractivity contribution >= 4 is 11.3 Å². The Balaban J connectivity index is 1.89. The largest absolute Gasteiger partial charge is 0.381 e. The number of thiazole rings is 1. The molecule has 1 atom stereocenters. The smallest absolute Gasteiger partial charge is 0.131 e. The highest BCUT2D eigenvalue weighted by molar-refractivity contribution is 7.10. The number of nitrogens with zero attached hydrogens (tertiary/aromatic N) is 3. The number of hydrogen-bond acceptors (Lipinski definition) is 4. The number of aryl methyl sites for hydroxylation is 1. The molecular formula is C14H13N3OS. The zero-order chi connectivity index (χ0) is 13.2. The van der Waals surface area contributed by atoms with Crippen LogP contribution in [0.5, 0.6) is 0 Å². The first-order valence-electron chi connectivity index (χ1n) is 5.91. The van der Waals surface area contributed by atoms with Crippen LogP contribution in [0.4, 0.5) is 0 Å². The van der Waals surface area contributed by atoms with Crippen molar-refractivity contribution in [1.29, 1.82) is 0 Å². The monoisotopic (exact) mass is 271 g/mol. The van der Waals surface area contributed by atoms with E-state index in [0.29, 0.717) is 5.01 Å². The SMILES string of the molecule is Cn1cc(-c2csc(C(O)c3ccccc3)n2)cn1. The van der Waals surface area contributed by atoms with E-state index >= 15 is 0 Å². The fourth-order valence-corrected chi connectivity index (χ4v) is 2.71. The van der Waals surface area contributed by atoms with Gasteiger partial charge in [0.05, 0.1) is 11.9 Å². The van der Waals surface area contributed by atoms with Gasteiger partial charge >= 0.3 is 0 Å². The van der Waals surface area contributed by atoms with Crippen LogP contribution in [0.3, 0.4) is 0 Å². The van der Waals surface area contributed by atoms with Crippen LogP contribution in [0.2, 0.25) is 0 Å². The highest BCUT2D eigenvalue weighted by Crippen LogP contribution is 2.28. The fourth-order valence-electron chi connectivity index (χ4n) is 1.88. The van der Waals surface area contributed by atoms with E-state index < -0.39 is 6.10 Å². The molecule has 1 N–H and O–H groups in total. The average molecular weight is 271 g/mol. The molecule has 0 amide bonds. The number of hydrogen-bond donors (Lipinski definition) is 1. The van der Waals surface area contributed by atoms with Crippen molar-refractivity contribution in [2.75, 3.05) is 0 Å². The Morgan fingerprint density at radius 2 is 2.05 bits per heavy atom. The molecule has 0 bridgehead atoms. The predicted octanol–water partition coefficient (Wildman–Crippen LogP) is 2.63. The number of benzene rings is 1. The summed E-state index contributed by atoms with van der Waals surface area (Å²) in [5.41, 5.74) is 2.67. The first-order chi connectivity index (χ1) is 9.24. The van der Waals surface area contributed by atoms with Gasteiger partial charge in [-0.2, -0.15) is 5.10 Å². The minimum Gasteiger partial charge on any atom is -0.381 e. The maximum atomic E-state index is 10.3. The quantitative estimate of drug-likeness (QED) is 0.796. The van der Waals surface area contributed by atoms with E-state index in [0.717, 1.165) is 16.8 Å². The fraction of sp³-hybridized carbons (Fsp3) is 0.143. The molecule has 0 aliphatic rings. The van der Waals surface area contributed by atoms with Gasteiger partial charge in [0.25, 0.3) is 0 Å². The highest BCUT2D eigenvalue weighted by atomic mass is 32.1. The first-order valence-corrected chi connectivity index (χ1v) is 6.79.